The van der Waals surface area contributed by atoms with Gasteiger partial charge in [0.1, 0.15) is 0 Å². The lowest BCUT2D eigenvalue weighted by Gasteiger charge is -2.07. The average Bonchev–Trinajstić information content (AvgIpc) is 2.65. The maximum Gasteiger partial charge on any atom is 0.255 e. The van der Waals surface area contributed by atoms with Gasteiger partial charge in [-0.05, 0) is 29.8 Å². The zero-order valence-electron chi connectivity index (χ0n) is 13.1. The minimum Gasteiger partial charge on any atom is -0.322 e. The molecular formula is C21H17NO2. The summed E-state index contributed by atoms with van der Waals surface area (Å²) in [5.41, 5.74) is 2.95. The summed E-state index contributed by atoms with van der Waals surface area (Å²) in [6.07, 6.45) is 0.344. The first-order valence-corrected chi connectivity index (χ1v) is 7.76. The van der Waals surface area contributed by atoms with Crippen molar-refractivity contribution in [3.8, 4) is 0 Å². The molecule has 0 aliphatic heterocycles. The normalized spacial score (nSPS) is 10.2. The quantitative estimate of drug-likeness (QED) is 0.711. The molecule has 3 heteroatoms. The van der Waals surface area contributed by atoms with Gasteiger partial charge >= 0.3 is 0 Å². The molecule has 0 aliphatic carbocycles. The van der Waals surface area contributed by atoms with Crippen molar-refractivity contribution in [1.29, 1.82) is 0 Å². The van der Waals surface area contributed by atoms with E-state index in [-0.39, 0.29) is 11.7 Å². The Balaban J connectivity index is 1.63. The van der Waals surface area contributed by atoms with Crippen LogP contribution >= 0.6 is 0 Å². The van der Waals surface area contributed by atoms with Gasteiger partial charge in [0.25, 0.3) is 5.91 Å². The number of Topliss-reactive ketones (excluding diaryl/α,β-unsaturated/α-hetero) is 1. The van der Waals surface area contributed by atoms with Crippen molar-refractivity contribution in [1.82, 2.24) is 0 Å². The van der Waals surface area contributed by atoms with Crippen LogP contribution in [-0.2, 0) is 6.42 Å². The summed E-state index contributed by atoms with van der Waals surface area (Å²) in [5.74, 6) is -0.0691. The van der Waals surface area contributed by atoms with Crippen molar-refractivity contribution in [3.63, 3.8) is 0 Å². The van der Waals surface area contributed by atoms with Crippen molar-refractivity contribution in [2.75, 3.05) is 5.32 Å². The summed E-state index contributed by atoms with van der Waals surface area (Å²) in [6, 6.07) is 25.6. The number of nitrogens with one attached hydrogen (secondary N) is 1. The molecule has 3 aromatic rings. The number of rotatable bonds is 5. The van der Waals surface area contributed by atoms with E-state index in [1.54, 1.807) is 12.1 Å². The summed E-state index contributed by atoms with van der Waals surface area (Å²) < 4.78 is 0. The zero-order chi connectivity index (χ0) is 16.8. The summed E-state index contributed by atoms with van der Waals surface area (Å²) in [4.78, 5) is 24.3. The van der Waals surface area contributed by atoms with Gasteiger partial charge in [0.15, 0.2) is 5.78 Å². The molecule has 0 aromatic heterocycles. The fourth-order valence-electron chi connectivity index (χ4n) is 2.41. The Kier molecular flexibility index (Phi) is 4.82. The SMILES string of the molecule is O=C(Cc1ccc(NC(=O)c2ccccc2)cc1)c1ccccc1. The van der Waals surface area contributed by atoms with E-state index >= 15 is 0 Å². The molecule has 0 spiro atoms. The number of benzene rings is 3. The molecule has 3 aromatic carbocycles. The summed E-state index contributed by atoms with van der Waals surface area (Å²) in [6.45, 7) is 0. The summed E-state index contributed by atoms with van der Waals surface area (Å²) in [7, 11) is 0. The van der Waals surface area contributed by atoms with E-state index in [4.69, 9.17) is 0 Å². The Hall–Kier alpha value is -3.20. The maximum atomic E-state index is 12.2. The average molecular weight is 315 g/mol. The highest BCUT2D eigenvalue weighted by Crippen LogP contribution is 2.13. The van der Waals surface area contributed by atoms with Crippen molar-refractivity contribution in [2.24, 2.45) is 0 Å². The molecule has 0 bridgehead atoms. The van der Waals surface area contributed by atoms with Crippen LogP contribution in [0, 0.1) is 0 Å². The van der Waals surface area contributed by atoms with E-state index in [1.165, 1.54) is 0 Å². The molecule has 118 valence electrons. The highest BCUT2D eigenvalue weighted by molar-refractivity contribution is 6.04. The highest BCUT2D eigenvalue weighted by Gasteiger charge is 2.08. The van der Waals surface area contributed by atoms with E-state index in [0.29, 0.717) is 23.2 Å². The van der Waals surface area contributed by atoms with Gasteiger partial charge in [-0.2, -0.15) is 0 Å². The first kappa shape index (κ1) is 15.7. The Morgan fingerprint density at radius 2 is 1.21 bits per heavy atom. The van der Waals surface area contributed by atoms with Crippen molar-refractivity contribution in [3.05, 3.63) is 102 Å². The molecular weight excluding hydrogens is 298 g/mol. The third-order valence-corrected chi connectivity index (χ3v) is 3.71. The molecule has 0 radical (unpaired) electrons. The Morgan fingerprint density at radius 1 is 0.667 bits per heavy atom. The molecule has 0 aliphatic rings. The second-order valence-corrected chi connectivity index (χ2v) is 5.48. The second-order valence-electron chi connectivity index (χ2n) is 5.48. The molecule has 0 unspecified atom stereocenters. The molecule has 3 rings (SSSR count). The number of hydrogen-bond acceptors (Lipinski definition) is 2. The molecule has 0 fully saturated rings. The van der Waals surface area contributed by atoms with Crippen LogP contribution in [0.2, 0.25) is 0 Å². The van der Waals surface area contributed by atoms with Gasteiger partial charge in [-0.15, -0.1) is 0 Å². The summed E-state index contributed by atoms with van der Waals surface area (Å²) in [5, 5.41) is 2.85. The van der Waals surface area contributed by atoms with E-state index in [1.807, 2.05) is 72.8 Å². The number of carbonyl (C=O) groups excluding carboxylic acids is 2. The minimum atomic E-state index is -0.149. The van der Waals surface area contributed by atoms with Crippen LogP contribution < -0.4 is 5.32 Å². The topological polar surface area (TPSA) is 46.2 Å². The van der Waals surface area contributed by atoms with Gasteiger partial charge in [0.2, 0.25) is 0 Å². The maximum absolute atomic E-state index is 12.2. The van der Waals surface area contributed by atoms with E-state index in [0.717, 1.165) is 5.56 Å². The van der Waals surface area contributed by atoms with Crippen LogP contribution in [0.5, 0.6) is 0 Å². The predicted molar refractivity (Wildman–Crippen MR) is 95.3 cm³/mol. The first-order chi connectivity index (χ1) is 11.7. The molecule has 1 N–H and O–H groups in total. The van der Waals surface area contributed by atoms with E-state index in [2.05, 4.69) is 5.32 Å². The van der Waals surface area contributed by atoms with Crippen LogP contribution in [0.4, 0.5) is 5.69 Å². The fraction of sp³-hybridized carbons (Fsp3) is 0.0476. The lowest BCUT2D eigenvalue weighted by Crippen LogP contribution is -2.11. The lowest BCUT2D eigenvalue weighted by molar-refractivity contribution is 0.0990. The Labute approximate surface area is 141 Å². The van der Waals surface area contributed by atoms with E-state index < -0.39 is 0 Å². The standard InChI is InChI=1S/C21H17NO2/c23-20(17-7-3-1-4-8-17)15-16-11-13-19(14-12-16)22-21(24)18-9-5-2-6-10-18/h1-14H,15H2,(H,22,24). The van der Waals surface area contributed by atoms with Crippen LogP contribution in [0.25, 0.3) is 0 Å². The van der Waals surface area contributed by atoms with Gasteiger partial charge < -0.3 is 5.32 Å². The van der Waals surface area contributed by atoms with Gasteiger partial charge in [-0.3, -0.25) is 9.59 Å². The highest BCUT2D eigenvalue weighted by atomic mass is 16.1. The summed E-state index contributed by atoms with van der Waals surface area (Å²) >= 11 is 0. The van der Waals surface area contributed by atoms with Crippen molar-refractivity contribution < 1.29 is 9.59 Å². The first-order valence-electron chi connectivity index (χ1n) is 7.76. The zero-order valence-corrected chi connectivity index (χ0v) is 13.1. The third kappa shape index (κ3) is 3.96. The number of carbonyl (C=O) groups is 2. The lowest BCUT2D eigenvalue weighted by atomic mass is 10.0. The minimum absolute atomic E-state index is 0.0803. The van der Waals surface area contributed by atoms with Crippen molar-refractivity contribution >= 4 is 17.4 Å². The van der Waals surface area contributed by atoms with Crippen molar-refractivity contribution in [2.45, 2.75) is 6.42 Å². The number of ketones is 1. The number of hydrogen-bond donors (Lipinski definition) is 1. The number of anilines is 1. The molecule has 0 heterocycles. The van der Waals surface area contributed by atoms with Crippen LogP contribution in [0.15, 0.2) is 84.9 Å². The molecule has 24 heavy (non-hydrogen) atoms. The molecule has 3 nitrogen and oxygen atoms in total. The molecule has 1 amide bonds. The molecule has 0 atom stereocenters. The van der Waals surface area contributed by atoms with Crippen LogP contribution in [-0.4, -0.2) is 11.7 Å². The smallest absolute Gasteiger partial charge is 0.255 e. The third-order valence-electron chi connectivity index (χ3n) is 3.71. The van der Waals surface area contributed by atoms with Crippen LogP contribution in [0.1, 0.15) is 26.3 Å². The Bertz CT molecular complexity index is 752. The number of amides is 1. The van der Waals surface area contributed by atoms with Gasteiger partial charge in [-0.1, -0.05) is 60.7 Å². The molecule has 0 saturated heterocycles. The van der Waals surface area contributed by atoms with Gasteiger partial charge in [0, 0.05) is 23.2 Å². The monoisotopic (exact) mass is 315 g/mol. The largest absolute Gasteiger partial charge is 0.322 e. The van der Waals surface area contributed by atoms with E-state index in [9.17, 15) is 9.59 Å². The second kappa shape index (κ2) is 7.38. The molecule has 0 saturated carbocycles. The Morgan fingerprint density at radius 3 is 1.79 bits per heavy atom. The predicted octanol–water partition coefficient (Wildman–Crippen LogP) is 4.36. The fourth-order valence-corrected chi connectivity index (χ4v) is 2.41. The van der Waals surface area contributed by atoms with Gasteiger partial charge in [-0.25, -0.2) is 0 Å². The van der Waals surface area contributed by atoms with Crippen LogP contribution in [0.3, 0.4) is 0 Å². The van der Waals surface area contributed by atoms with Gasteiger partial charge in [0.05, 0.1) is 0 Å².